The largest absolute Gasteiger partial charge is 0.493 e. The van der Waals surface area contributed by atoms with E-state index in [-0.39, 0.29) is 5.91 Å². The van der Waals surface area contributed by atoms with Crippen LogP contribution in [0, 0.1) is 6.92 Å². The quantitative estimate of drug-likeness (QED) is 0.668. The molecular formula is C19H22ClNO2S. The lowest BCUT2D eigenvalue weighted by Gasteiger charge is -2.08. The Balaban J connectivity index is 1.54. The molecule has 2 aromatic carbocycles. The zero-order chi connectivity index (χ0) is 17.2. The van der Waals surface area contributed by atoms with E-state index in [0.29, 0.717) is 24.6 Å². The van der Waals surface area contributed by atoms with Crippen LogP contribution < -0.4 is 10.1 Å². The normalized spacial score (nSPS) is 10.4. The molecule has 3 nitrogen and oxygen atoms in total. The van der Waals surface area contributed by atoms with Gasteiger partial charge in [0.05, 0.1) is 6.61 Å². The Morgan fingerprint density at radius 2 is 2.00 bits per heavy atom. The Morgan fingerprint density at radius 3 is 2.79 bits per heavy atom. The number of benzene rings is 2. The van der Waals surface area contributed by atoms with Crippen LogP contribution >= 0.6 is 23.4 Å². The van der Waals surface area contributed by atoms with Crippen LogP contribution in [-0.2, 0) is 11.3 Å². The molecular weight excluding hydrogens is 342 g/mol. The Morgan fingerprint density at radius 1 is 1.17 bits per heavy atom. The number of aryl methyl sites for hydroxylation is 1. The number of halogens is 1. The Bertz CT molecular complexity index is 663. The van der Waals surface area contributed by atoms with Crippen molar-refractivity contribution < 1.29 is 9.53 Å². The van der Waals surface area contributed by atoms with Gasteiger partial charge in [0.2, 0.25) is 5.91 Å². The van der Waals surface area contributed by atoms with Crippen molar-refractivity contribution in [3.05, 3.63) is 64.7 Å². The van der Waals surface area contributed by atoms with Gasteiger partial charge >= 0.3 is 0 Å². The average Bonchev–Trinajstić information content (AvgIpc) is 2.57. The molecule has 0 aliphatic rings. The lowest BCUT2D eigenvalue weighted by atomic mass is 10.2. The van der Waals surface area contributed by atoms with Gasteiger partial charge in [0, 0.05) is 29.5 Å². The Labute approximate surface area is 152 Å². The zero-order valence-electron chi connectivity index (χ0n) is 13.8. The maximum atomic E-state index is 11.8. The molecule has 0 fully saturated rings. The van der Waals surface area contributed by atoms with Gasteiger partial charge in [-0.05, 0) is 36.2 Å². The van der Waals surface area contributed by atoms with Crippen molar-refractivity contribution in [2.75, 3.05) is 18.1 Å². The van der Waals surface area contributed by atoms with Crippen molar-refractivity contribution in [1.82, 2.24) is 5.32 Å². The fourth-order valence-electron chi connectivity index (χ4n) is 2.11. The monoisotopic (exact) mass is 363 g/mol. The summed E-state index contributed by atoms with van der Waals surface area (Å²) < 4.78 is 5.68. The number of hydrogen-bond acceptors (Lipinski definition) is 3. The molecule has 5 heteroatoms. The highest BCUT2D eigenvalue weighted by molar-refractivity contribution is 7.99. The van der Waals surface area contributed by atoms with E-state index in [4.69, 9.17) is 16.3 Å². The summed E-state index contributed by atoms with van der Waals surface area (Å²) >= 11 is 7.78. The van der Waals surface area contributed by atoms with Crippen molar-refractivity contribution in [3.8, 4) is 5.75 Å². The average molecular weight is 364 g/mol. The molecule has 0 aliphatic carbocycles. The van der Waals surface area contributed by atoms with E-state index in [1.54, 1.807) is 11.8 Å². The molecule has 0 saturated carbocycles. The van der Waals surface area contributed by atoms with Crippen molar-refractivity contribution in [3.63, 3.8) is 0 Å². The maximum absolute atomic E-state index is 11.8. The van der Waals surface area contributed by atoms with Crippen LogP contribution in [0.1, 0.15) is 17.5 Å². The topological polar surface area (TPSA) is 38.3 Å². The summed E-state index contributed by atoms with van der Waals surface area (Å²) in [6.45, 7) is 3.16. The van der Waals surface area contributed by atoms with E-state index in [1.165, 1.54) is 5.56 Å². The summed E-state index contributed by atoms with van der Waals surface area (Å²) in [6, 6.07) is 15.5. The zero-order valence-corrected chi connectivity index (χ0v) is 15.3. The third kappa shape index (κ3) is 6.85. The molecule has 24 heavy (non-hydrogen) atoms. The predicted octanol–water partition coefficient (Wildman–Crippen LogP) is 4.47. The van der Waals surface area contributed by atoms with E-state index < -0.39 is 0 Å². The smallest absolute Gasteiger partial charge is 0.221 e. The molecule has 0 radical (unpaired) electrons. The van der Waals surface area contributed by atoms with Crippen molar-refractivity contribution in [1.29, 1.82) is 0 Å². The summed E-state index contributed by atoms with van der Waals surface area (Å²) in [5, 5.41) is 3.58. The molecule has 0 unspecified atom stereocenters. The van der Waals surface area contributed by atoms with Crippen molar-refractivity contribution in [2.45, 2.75) is 19.9 Å². The number of rotatable bonds is 9. The van der Waals surface area contributed by atoms with Gasteiger partial charge in [-0.3, -0.25) is 4.79 Å². The molecule has 2 aromatic rings. The van der Waals surface area contributed by atoms with Crippen LogP contribution in [-0.4, -0.2) is 24.0 Å². The molecule has 0 atom stereocenters. The van der Waals surface area contributed by atoms with Crippen LogP contribution in [0.2, 0.25) is 5.02 Å². The predicted molar refractivity (Wildman–Crippen MR) is 102 cm³/mol. The SMILES string of the molecule is Cc1cccc(OCCSCCC(=O)NCc2ccccc2Cl)c1. The van der Waals surface area contributed by atoms with Crippen molar-refractivity contribution in [2.24, 2.45) is 0 Å². The molecule has 0 saturated heterocycles. The first kappa shape index (κ1) is 18.7. The Kier molecular flexibility index (Phi) is 7.99. The van der Waals surface area contributed by atoms with Crippen LogP contribution in [0.25, 0.3) is 0 Å². The minimum atomic E-state index is 0.0435. The molecule has 0 spiro atoms. The van der Waals surface area contributed by atoms with Gasteiger partial charge in [-0.1, -0.05) is 41.9 Å². The summed E-state index contributed by atoms with van der Waals surface area (Å²) in [5.74, 6) is 2.59. The molecule has 1 amide bonds. The minimum absolute atomic E-state index is 0.0435. The summed E-state index contributed by atoms with van der Waals surface area (Å²) in [6.07, 6.45) is 0.500. The minimum Gasteiger partial charge on any atom is -0.493 e. The second kappa shape index (κ2) is 10.3. The third-order valence-corrected chi connectivity index (χ3v) is 4.71. The highest BCUT2D eigenvalue weighted by Crippen LogP contribution is 2.15. The molecule has 0 aliphatic heterocycles. The molecule has 128 valence electrons. The first-order valence-electron chi connectivity index (χ1n) is 7.92. The van der Waals surface area contributed by atoms with Gasteiger partial charge in [-0.25, -0.2) is 0 Å². The van der Waals surface area contributed by atoms with E-state index in [2.05, 4.69) is 5.32 Å². The van der Waals surface area contributed by atoms with Crippen LogP contribution in [0.4, 0.5) is 0 Å². The number of hydrogen-bond donors (Lipinski definition) is 1. The van der Waals surface area contributed by atoms with Gasteiger partial charge in [-0.15, -0.1) is 0 Å². The van der Waals surface area contributed by atoms with Gasteiger partial charge in [0.25, 0.3) is 0 Å². The highest BCUT2D eigenvalue weighted by atomic mass is 35.5. The third-order valence-electron chi connectivity index (χ3n) is 3.39. The number of ether oxygens (including phenoxy) is 1. The van der Waals surface area contributed by atoms with E-state index in [1.807, 2.05) is 55.5 Å². The fourth-order valence-corrected chi connectivity index (χ4v) is 3.05. The number of amides is 1. The first-order chi connectivity index (χ1) is 11.6. The Hall–Kier alpha value is -1.65. The fraction of sp³-hybridized carbons (Fsp3) is 0.316. The second-order valence-corrected chi connectivity index (χ2v) is 7.03. The second-order valence-electron chi connectivity index (χ2n) is 5.40. The molecule has 0 heterocycles. The van der Waals surface area contributed by atoms with Gasteiger partial charge < -0.3 is 10.1 Å². The van der Waals surface area contributed by atoms with Crippen molar-refractivity contribution >= 4 is 29.3 Å². The van der Waals surface area contributed by atoms with E-state index in [0.717, 1.165) is 22.8 Å². The number of thioether (sulfide) groups is 1. The highest BCUT2D eigenvalue weighted by Gasteiger charge is 2.04. The summed E-state index contributed by atoms with van der Waals surface area (Å²) in [4.78, 5) is 11.8. The number of nitrogens with one attached hydrogen (secondary N) is 1. The van der Waals surface area contributed by atoms with E-state index in [9.17, 15) is 4.79 Å². The van der Waals surface area contributed by atoms with Gasteiger partial charge in [0.1, 0.15) is 5.75 Å². The lowest BCUT2D eigenvalue weighted by Crippen LogP contribution is -2.23. The van der Waals surface area contributed by atoms with Gasteiger partial charge in [-0.2, -0.15) is 11.8 Å². The number of carbonyl (C=O) groups is 1. The lowest BCUT2D eigenvalue weighted by molar-refractivity contribution is -0.120. The maximum Gasteiger partial charge on any atom is 0.221 e. The van der Waals surface area contributed by atoms with Gasteiger partial charge in [0.15, 0.2) is 0 Å². The standard InChI is InChI=1S/C19H22ClNO2S/c1-15-5-4-7-17(13-15)23-10-12-24-11-9-19(22)21-14-16-6-2-3-8-18(16)20/h2-8,13H,9-12,14H2,1H3,(H,21,22). The summed E-state index contributed by atoms with van der Waals surface area (Å²) in [5.41, 5.74) is 2.13. The van der Waals surface area contributed by atoms with Crippen LogP contribution in [0.5, 0.6) is 5.75 Å². The number of carbonyl (C=O) groups excluding carboxylic acids is 1. The molecule has 1 N–H and O–H groups in total. The molecule has 2 rings (SSSR count). The molecule has 0 bridgehead atoms. The van der Waals surface area contributed by atoms with E-state index >= 15 is 0 Å². The summed E-state index contributed by atoms with van der Waals surface area (Å²) in [7, 11) is 0. The first-order valence-corrected chi connectivity index (χ1v) is 9.46. The van der Waals surface area contributed by atoms with Crippen LogP contribution in [0.3, 0.4) is 0 Å². The molecule has 0 aromatic heterocycles. The van der Waals surface area contributed by atoms with Crippen LogP contribution in [0.15, 0.2) is 48.5 Å².